The second kappa shape index (κ2) is 6.21. The predicted octanol–water partition coefficient (Wildman–Crippen LogP) is 1.46. The summed E-state index contributed by atoms with van der Waals surface area (Å²) in [6, 6.07) is 0.404. The minimum atomic E-state index is 0.378. The van der Waals surface area contributed by atoms with Crippen LogP contribution in [-0.2, 0) is 0 Å². The molecule has 1 aliphatic rings. The number of hydrazine groups is 1. The van der Waals surface area contributed by atoms with Gasteiger partial charge in [-0.3, -0.25) is 5.43 Å². The monoisotopic (exact) mass is 279 g/mol. The smallest absolute Gasteiger partial charge is 0.243 e. The first-order chi connectivity index (χ1) is 9.51. The van der Waals surface area contributed by atoms with E-state index in [2.05, 4.69) is 39.5 Å². The Bertz CT molecular complexity index is 448. The molecule has 1 aliphatic carbocycles. The third-order valence-electron chi connectivity index (χ3n) is 4.17. The Morgan fingerprint density at radius 1 is 1.10 bits per heavy atom. The van der Waals surface area contributed by atoms with Crippen LogP contribution in [0.25, 0.3) is 0 Å². The van der Waals surface area contributed by atoms with Gasteiger partial charge in [-0.15, -0.1) is 0 Å². The Morgan fingerprint density at radius 3 is 2.45 bits per heavy atom. The Hall–Kier alpha value is -1.63. The van der Waals surface area contributed by atoms with Crippen molar-refractivity contribution >= 4 is 17.8 Å². The van der Waals surface area contributed by atoms with E-state index in [0.29, 0.717) is 29.8 Å². The summed E-state index contributed by atoms with van der Waals surface area (Å²) < 4.78 is 0. The van der Waals surface area contributed by atoms with Crippen molar-refractivity contribution in [3.05, 3.63) is 0 Å². The number of anilines is 3. The van der Waals surface area contributed by atoms with Gasteiger partial charge in [0.15, 0.2) is 0 Å². The van der Waals surface area contributed by atoms with Gasteiger partial charge in [-0.1, -0.05) is 26.7 Å². The molecule has 1 saturated carbocycles. The molecule has 3 unspecified atom stereocenters. The lowest BCUT2D eigenvalue weighted by Gasteiger charge is -2.34. The Kier molecular flexibility index (Phi) is 4.59. The van der Waals surface area contributed by atoms with E-state index in [0.717, 1.165) is 12.3 Å². The van der Waals surface area contributed by atoms with Crippen LogP contribution in [0.3, 0.4) is 0 Å². The number of nitrogens with zero attached hydrogens (tertiary/aromatic N) is 4. The standard InChI is InChI=1S/C13H25N7/c1-8-6-5-7-10(9(8)2)15-11-16-12(19-14)18-13(17-11)20(3)4/h8-10H,5-7,14H2,1-4H3,(H2,15,16,17,18,19). The molecule has 0 spiro atoms. The van der Waals surface area contributed by atoms with Crippen LogP contribution in [0.15, 0.2) is 0 Å². The summed E-state index contributed by atoms with van der Waals surface area (Å²) in [5.41, 5.74) is 2.49. The molecule has 0 amide bonds. The van der Waals surface area contributed by atoms with Gasteiger partial charge in [0.05, 0.1) is 0 Å². The van der Waals surface area contributed by atoms with E-state index in [1.54, 1.807) is 0 Å². The highest BCUT2D eigenvalue weighted by Gasteiger charge is 2.27. The summed E-state index contributed by atoms with van der Waals surface area (Å²) in [6.45, 7) is 4.60. The van der Waals surface area contributed by atoms with Crippen molar-refractivity contribution < 1.29 is 0 Å². The molecule has 0 bridgehead atoms. The molecule has 4 N–H and O–H groups in total. The van der Waals surface area contributed by atoms with Gasteiger partial charge in [0.1, 0.15) is 0 Å². The molecule has 0 aliphatic heterocycles. The summed E-state index contributed by atoms with van der Waals surface area (Å²) in [5.74, 6) is 8.31. The topological polar surface area (TPSA) is 92.0 Å². The van der Waals surface area contributed by atoms with Crippen molar-refractivity contribution in [1.29, 1.82) is 0 Å². The van der Waals surface area contributed by atoms with Crippen molar-refractivity contribution in [2.24, 2.45) is 17.7 Å². The maximum absolute atomic E-state index is 5.42. The van der Waals surface area contributed by atoms with E-state index in [4.69, 9.17) is 5.84 Å². The van der Waals surface area contributed by atoms with E-state index in [1.165, 1.54) is 12.8 Å². The zero-order chi connectivity index (χ0) is 14.7. The lowest BCUT2D eigenvalue weighted by molar-refractivity contribution is 0.252. The molecule has 7 heteroatoms. The highest BCUT2D eigenvalue weighted by molar-refractivity contribution is 5.42. The number of nitrogens with one attached hydrogen (secondary N) is 2. The number of nitrogens with two attached hydrogens (primary N) is 1. The fourth-order valence-corrected chi connectivity index (χ4v) is 2.65. The highest BCUT2D eigenvalue weighted by atomic mass is 15.4. The average Bonchev–Trinajstić information content (AvgIpc) is 2.43. The molecule has 1 aromatic heterocycles. The van der Waals surface area contributed by atoms with E-state index < -0.39 is 0 Å². The molecule has 1 aromatic rings. The summed E-state index contributed by atoms with van der Waals surface area (Å²) in [5, 5.41) is 3.45. The zero-order valence-electron chi connectivity index (χ0n) is 12.7. The Balaban J connectivity index is 2.17. The molecule has 0 saturated heterocycles. The molecule has 20 heavy (non-hydrogen) atoms. The van der Waals surface area contributed by atoms with Gasteiger partial charge in [-0.25, -0.2) is 5.84 Å². The zero-order valence-corrected chi connectivity index (χ0v) is 12.7. The second-order valence-corrected chi connectivity index (χ2v) is 5.84. The first kappa shape index (κ1) is 14.8. The van der Waals surface area contributed by atoms with Crippen LogP contribution < -0.4 is 21.5 Å². The summed E-state index contributed by atoms with van der Waals surface area (Å²) in [6.07, 6.45) is 3.70. The molecular weight excluding hydrogens is 254 g/mol. The molecule has 0 aromatic carbocycles. The molecule has 0 radical (unpaired) electrons. The van der Waals surface area contributed by atoms with Crippen molar-refractivity contribution in [1.82, 2.24) is 15.0 Å². The Labute approximate surface area is 120 Å². The van der Waals surface area contributed by atoms with Gasteiger partial charge in [-0.05, 0) is 18.3 Å². The fourth-order valence-electron chi connectivity index (χ4n) is 2.65. The van der Waals surface area contributed by atoms with Crippen molar-refractivity contribution in [3.8, 4) is 0 Å². The number of hydrogen-bond donors (Lipinski definition) is 3. The van der Waals surface area contributed by atoms with Crippen LogP contribution in [-0.4, -0.2) is 35.1 Å². The van der Waals surface area contributed by atoms with E-state index >= 15 is 0 Å². The largest absolute Gasteiger partial charge is 0.351 e. The first-order valence-electron chi connectivity index (χ1n) is 7.17. The highest BCUT2D eigenvalue weighted by Crippen LogP contribution is 2.31. The molecule has 7 nitrogen and oxygen atoms in total. The number of nitrogen functional groups attached to an aromatic ring is 1. The fraction of sp³-hybridized carbons (Fsp3) is 0.769. The molecular formula is C13H25N7. The average molecular weight is 279 g/mol. The summed E-state index contributed by atoms with van der Waals surface area (Å²) >= 11 is 0. The van der Waals surface area contributed by atoms with Gasteiger partial charge in [0.25, 0.3) is 0 Å². The van der Waals surface area contributed by atoms with Gasteiger partial charge in [0, 0.05) is 20.1 Å². The number of hydrogen-bond acceptors (Lipinski definition) is 7. The SMILES string of the molecule is CC1CCCC(Nc2nc(NN)nc(N(C)C)n2)C1C. The lowest BCUT2D eigenvalue weighted by atomic mass is 9.78. The van der Waals surface area contributed by atoms with Crippen LogP contribution in [0.1, 0.15) is 33.1 Å². The summed E-state index contributed by atoms with van der Waals surface area (Å²) in [7, 11) is 3.79. The molecule has 1 fully saturated rings. The van der Waals surface area contributed by atoms with Crippen molar-refractivity contribution in [2.75, 3.05) is 29.7 Å². The van der Waals surface area contributed by atoms with Gasteiger partial charge < -0.3 is 10.2 Å². The lowest BCUT2D eigenvalue weighted by Crippen LogP contribution is -2.35. The minimum Gasteiger partial charge on any atom is -0.351 e. The maximum atomic E-state index is 5.42. The van der Waals surface area contributed by atoms with E-state index in [1.807, 2.05) is 19.0 Å². The minimum absolute atomic E-state index is 0.378. The van der Waals surface area contributed by atoms with Crippen LogP contribution >= 0.6 is 0 Å². The normalized spacial score (nSPS) is 26.1. The van der Waals surface area contributed by atoms with E-state index in [9.17, 15) is 0 Å². The first-order valence-corrected chi connectivity index (χ1v) is 7.17. The quantitative estimate of drug-likeness (QED) is 0.567. The predicted molar refractivity (Wildman–Crippen MR) is 81.6 cm³/mol. The second-order valence-electron chi connectivity index (χ2n) is 5.84. The van der Waals surface area contributed by atoms with Gasteiger partial charge in [-0.2, -0.15) is 15.0 Å². The van der Waals surface area contributed by atoms with E-state index in [-0.39, 0.29) is 0 Å². The van der Waals surface area contributed by atoms with Crippen LogP contribution in [0, 0.1) is 11.8 Å². The van der Waals surface area contributed by atoms with Crippen molar-refractivity contribution in [3.63, 3.8) is 0 Å². The molecule has 112 valence electrons. The molecule has 3 atom stereocenters. The number of rotatable bonds is 4. The maximum Gasteiger partial charge on any atom is 0.243 e. The summed E-state index contributed by atoms with van der Waals surface area (Å²) in [4.78, 5) is 14.8. The van der Waals surface area contributed by atoms with Crippen LogP contribution in [0.4, 0.5) is 17.8 Å². The van der Waals surface area contributed by atoms with Crippen LogP contribution in [0.5, 0.6) is 0 Å². The molecule has 2 rings (SSSR count). The number of aromatic nitrogens is 3. The Morgan fingerprint density at radius 2 is 1.80 bits per heavy atom. The van der Waals surface area contributed by atoms with Crippen molar-refractivity contribution in [2.45, 2.75) is 39.2 Å². The third kappa shape index (κ3) is 3.27. The van der Waals surface area contributed by atoms with Gasteiger partial charge >= 0.3 is 0 Å². The van der Waals surface area contributed by atoms with Gasteiger partial charge in [0.2, 0.25) is 17.8 Å². The third-order valence-corrected chi connectivity index (χ3v) is 4.17. The van der Waals surface area contributed by atoms with Crippen LogP contribution in [0.2, 0.25) is 0 Å². The molecule has 1 heterocycles.